The van der Waals surface area contributed by atoms with E-state index < -0.39 is 10.1 Å². The van der Waals surface area contributed by atoms with Crippen LogP contribution in [0.3, 0.4) is 0 Å². The van der Waals surface area contributed by atoms with Crippen molar-refractivity contribution in [2.75, 3.05) is 12.8 Å². The Morgan fingerprint density at radius 2 is 1.77 bits per heavy atom. The zero-order chi connectivity index (χ0) is 17.0. The lowest BCUT2D eigenvalue weighted by Gasteiger charge is -1.92. The van der Waals surface area contributed by atoms with Gasteiger partial charge in [0.2, 0.25) is 0 Å². The Morgan fingerprint density at radius 1 is 1.18 bits per heavy atom. The number of hydrogen-bond donors (Lipinski definition) is 2. The molecule has 0 bridgehead atoms. The van der Waals surface area contributed by atoms with Crippen LogP contribution in [0.25, 0.3) is 10.9 Å². The van der Waals surface area contributed by atoms with E-state index in [-0.39, 0.29) is 24.4 Å². The van der Waals surface area contributed by atoms with E-state index in [4.69, 9.17) is 4.55 Å². The normalized spacial score (nSPS) is 10.0. The maximum atomic E-state index is 10.3. The van der Waals surface area contributed by atoms with Gasteiger partial charge in [0.05, 0.1) is 11.3 Å². The third-order valence-corrected chi connectivity index (χ3v) is 3.25. The van der Waals surface area contributed by atoms with E-state index >= 15 is 0 Å². The summed E-state index contributed by atoms with van der Waals surface area (Å²) in [4.78, 5) is 14.4. The Bertz CT molecular complexity index is 607. The maximum absolute atomic E-state index is 10.3. The summed E-state index contributed by atoms with van der Waals surface area (Å²) in [6, 6.07) is 12.1. The summed E-state index contributed by atoms with van der Waals surface area (Å²) < 4.78 is 28.3. The van der Waals surface area contributed by atoms with Crippen LogP contribution in [0.2, 0.25) is 0 Å². The number of ketones is 1. The Kier molecular flexibility index (Phi) is 9.93. The number of nitrogens with zero attached hydrogens (tertiary/aromatic N) is 1. The van der Waals surface area contributed by atoms with E-state index in [1.807, 2.05) is 30.5 Å². The monoisotopic (exact) mass is 326 g/mol. The van der Waals surface area contributed by atoms with Crippen molar-refractivity contribution in [3.8, 4) is 0 Å². The standard InChI is InChI=1S/C9H7N.C5H10O4S.CH5N/c1-2-6-9-8(4-1)5-3-7-10-9;1-5(6)3-2-4-10(7,8)9;1-2/h1-7H;2-4H2,1H3,(H,7,8,9);2H2,1H3. The van der Waals surface area contributed by atoms with Gasteiger partial charge in [0.15, 0.2) is 0 Å². The molecule has 0 aliphatic carbocycles. The molecule has 2 rings (SSSR count). The zero-order valence-corrected chi connectivity index (χ0v) is 13.6. The minimum Gasteiger partial charge on any atom is -0.333 e. The number of para-hydroxylation sites is 1. The number of Topliss-reactive ketones (excluding diaryl/α,β-unsaturated/α-hetero) is 1. The molecular weight excluding hydrogens is 304 g/mol. The molecule has 122 valence electrons. The van der Waals surface area contributed by atoms with Crippen molar-refractivity contribution in [2.45, 2.75) is 19.8 Å². The van der Waals surface area contributed by atoms with Gasteiger partial charge in [-0.1, -0.05) is 24.3 Å². The van der Waals surface area contributed by atoms with Crippen LogP contribution < -0.4 is 5.73 Å². The molecule has 1 aromatic carbocycles. The van der Waals surface area contributed by atoms with Crippen molar-refractivity contribution >= 4 is 26.8 Å². The second-order valence-electron chi connectivity index (χ2n) is 4.29. The van der Waals surface area contributed by atoms with Crippen molar-refractivity contribution in [1.29, 1.82) is 0 Å². The Hall–Kier alpha value is -1.83. The zero-order valence-electron chi connectivity index (χ0n) is 12.8. The number of benzene rings is 1. The maximum Gasteiger partial charge on any atom is 0.264 e. The molecule has 1 aromatic heterocycles. The highest BCUT2D eigenvalue weighted by Gasteiger charge is 2.03. The van der Waals surface area contributed by atoms with Gasteiger partial charge in [-0.05, 0) is 32.5 Å². The quantitative estimate of drug-likeness (QED) is 0.832. The largest absolute Gasteiger partial charge is 0.333 e. The van der Waals surface area contributed by atoms with Crippen LogP contribution in [0.1, 0.15) is 19.8 Å². The molecule has 0 aliphatic heterocycles. The van der Waals surface area contributed by atoms with Crippen LogP contribution in [0, 0.1) is 0 Å². The van der Waals surface area contributed by atoms with Gasteiger partial charge in [-0.15, -0.1) is 0 Å². The van der Waals surface area contributed by atoms with Crippen LogP contribution >= 0.6 is 0 Å². The molecule has 3 N–H and O–H groups in total. The molecule has 7 heteroatoms. The molecule has 0 atom stereocenters. The average molecular weight is 326 g/mol. The fourth-order valence-electron chi connectivity index (χ4n) is 1.52. The van der Waals surface area contributed by atoms with E-state index in [2.05, 4.69) is 22.9 Å². The van der Waals surface area contributed by atoms with Crippen LogP contribution in [0.15, 0.2) is 42.6 Å². The summed E-state index contributed by atoms with van der Waals surface area (Å²) in [7, 11) is -2.37. The third-order valence-electron chi connectivity index (χ3n) is 2.44. The number of pyridine rings is 1. The molecule has 0 saturated heterocycles. The first-order valence-electron chi connectivity index (χ1n) is 6.70. The number of rotatable bonds is 4. The molecular formula is C15H22N2O4S. The van der Waals surface area contributed by atoms with Gasteiger partial charge in [0.1, 0.15) is 5.78 Å². The SMILES string of the molecule is CC(=O)CCCS(=O)(=O)O.CN.c1ccc2ncccc2c1. The Morgan fingerprint density at radius 3 is 2.32 bits per heavy atom. The molecule has 0 amide bonds. The first-order chi connectivity index (χ1) is 10.4. The third kappa shape index (κ3) is 9.98. The molecule has 1 heterocycles. The average Bonchev–Trinajstić information content (AvgIpc) is 2.48. The summed E-state index contributed by atoms with van der Waals surface area (Å²) >= 11 is 0. The van der Waals surface area contributed by atoms with Gasteiger partial charge in [-0.2, -0.15) is 8.42 Å². The van der Waals surface area contributed by atoms with Gasteiger partial charge >= 0.3 is 0 Å². The lowest BCUT2D eigenvalue weighted by Crippen LogP contribution is -2.05. The fraction of sp³-hybridized carbons (Fsp3) is 0.333. The van der Waals surface area contributed by atoms with E-state index in [0.29, 0.717) is 0 Å². The molecule has 0 aliphatic rings. The minimum absolute atomic E-state index is 0.0661. The molecule has 0 saturated carbocycles. The predicted molar refractivity (Wildman–Crippen MR) is 88.2 cm³/mol. The number of carbonyl (C=O) groups is 1. The van der Waals surface area contributed by atoms with Crippen molar-refractivity contribution < 1.29 is 17.8 Å². The molecule has 2 aromatic rings. The van der Waals surface area contributed by atoms with Crippen LogP contribution in [0.5, 0.6) is 0 Å². The highest BCUT2D eigenvalue weighted by molar-refractivity contribution is 7.85. The number of hydrogen-bond acceptors (Lipinski definition) is 5. The number of fused-ring (bicyclic) bond motifs is 1. The first-order valence-corrected chi connectivity index (χ1v) is 8.31. The van der Waals surface area contributed by atoms with E-state index in [1.54, 1.807) is 0 Å². The summed E-state index contributed by atoms with van der Waals surface area (Å²) in [5.41, 5.74) is 5.56. The van der Waals surface area contributed by atoms with Crippen LogP contribution in [-0.2, 0) is 14.9 Å². The molecule has 0 spiro atoms. The summed E-state index contributed by atoms with van der Waals surface area (Å²) in [6.07, 6.45) is 2.22. The van der Waals surface area contributed by atoms with Gasteiger partial charge in [0.25, 0.3) is 10.1 Å². The van der Waals surface area contributed by atoms with Gasteiger partial charge < -0.3 is 10.5 Å². The Labute approximate surface area is 131 Å². The molecule has 0 unspecified atom stereocenters. The van der Waals surface area contributed by atoms with Gasteiger partial charge in [-0.3, -0.25) is 9.54 Å². The summed E-state index contributed by atoms with van der Waals surface area (Å²) in [5, 5.41) is 1.20. The molecule has 0 fully saturated rings. The second-order valence-corrected chi connectivity index (χ2v) is 5.86. The summed E-state index contributed by atoms with van der Waals surface area (Å²) in [5.74, 6) is -0.393. The first kappa shape index (κ1) is 20.2. The number of carbonyl (C=O) groups excluding carboxylic acids is 1. The van der Waals surface area contributed by atoms with E-state index in [1.165, 1.54) is 19.4 Å². The van der Waals surface area contributed by atoms with Crippen LogP contribution in [-0.4, -0.2) is 36.5 Å². The van der Waals surface area contributed by atoms with Crippen molar-refractivity contribution in [3.63, 3.8) is 0 Å². The molecule has 6 nitrogen and oxygen atoms in total. The Balaban J connectivity index is 0.000000360. The number of aromatic nitrogens is 1. The van der Waals surface area contributed by atoms with Gasteiger partial charge in [0, 0.05) is 18.0 Å². The van der Waals surface area contributed by atoms with Crippen LogP contribution in [0.4, 0.5) is 0 Å². The second kappa shape index (κ2) is 10.8. The number of nitrogens with two attached hydrogens (primary N) is 1. The highest BCUT2D eigenvalue weighted by Crippen LogP contribution is 2.07. The molecule has 0 radical (unpaired) electrons. The predicted octanol–water partition coefficient (Wildman–Crippen LogP) is 2.05. The van der Waals surface area contributed by atoms with E-state index in [9.17, 15) is 13.2 Å². The topological polar surface area (TPSA) is 110 Å². The van der Waals surface area contributed by atoms with Crippen molar-refractivity contribution in [1.82, 2.24) is 4.98 Å². The smallest absolute Gasteiger partial charge is 0.264 e. The molecule has 22 heavy (non-hydrogen) atoms. The highest BCUT2D eigenvalue weighted by atomic mass is 32.2. The van der Waals surface area contributed by atoms with Gasteiger partial charge in [-0.25, -0.2) is 0 Å². The fourth-order valence-corrected chi connectivity index (χ4v) is 2.03. The lowest BCUT2D eigenvalue weighted by atomic mass is 10.2. The van der Waals surface area contributed by atoms with E-state index in [0.717, 1.165) is 5.52 Å². The minimum atomic E-state index is -3.87. The summed E-state index contributed by atoms with van der Waals surface area (Å²) in [6.45, 7) is 1.38. The van der Waals surface area contributed by atoms with Crippen molar-refractivity contribution in [2.24, 2.45) is 5.73 Å². The lowest BCUT2D eigenvalue weighted by molar-refractivity contribution is -0.117. The van der Waals surface area contributed by atoms with Crippen molar-refractivity contribution in [3.05, 3.63) is 42.6 Å².